The van der Waals surface area contributed by atoms with Crippen molar-refractivity contribution in [1.29, 1.82) is 0 Å². The number of nitrogens with zero attached hydrogens (tertiary/aromatic N) is 2. The quantitative estimate of drug-likeness (QED) is 0.519. The van der Waals surface area contributed by atoms with E-state index in [1.165, 1.54) is 11.3 Å². The van der Waals surface area contributed by atoms with Crippen LogP contribution in [0.25, 0.3) is 0 Å². The number of fused-ring (bicyclic) bond motifs is 1. The Bertz CT molecular complexity index is 319. The molecule has 2 nitrogen and oxygen atoms in total. The molecule has 0 saturated heterocycles. The van der Waals surface area contributed by atoms with Crippen molar-refractivity contribution in [2.75, 3.05) is 0 Å². The molecule has 0 aromatic rings. The van der Waals surface area contributed by atoms with Gasteiger partial charge in [0.1, 0.15) is 6.34 Å². The maximum absolute atomic E-state index is 4.24. The third-order valence-corrected chi connectivity index (χ3v) is 2.39. The lowest BCUT2D eigenvalue weighted by molar-refractivity contribution is 0.754. The van der Waals surface area contributed by atoms with E-state index in [1.54, 1.807) is 6.34 Å². The third kappa shape index (κ3) is 1.13. The van der Waals surface area contributed by atoms with Crippen LogP contribution in [0.2, 0.25) is 0 Å². The molecule has 0 bridgehead atoms. The Balaban J connectivity index is 2.37. The smallest absolute Gasteiger partial charge is 0.115 e. The van der Waals surface area contributed by atoms with Gasteiger partial charge in [0.05, 0.1) is 5.70 Å². The summed E-state index contributed by atoms with van der Waals surface area (Å²) in [6.45, 7) is 4.22. The van der Waals surface area contributed by atoms with Crippen LogP contribution in [0.3, 0.4) is 0 Å². The zero-order valence-corrected chi connectivity index (χ0v) is 7.41. The lowest BCUT2D eigenvalue weighted by Gasteiger charge is -2.22. The zero-order chi connectivity index (χ0) is 8.55. The summed E-state index contributed by atoms with van der Waals surface area (Å²) in [7, 11) is 0. The average Bonchev–Trinajstić information content (AvgIpc) is 2.07. The van der Waals surface area contributed by atoms with Gasteiger partial charge in [0.2, 0.25) is 0 Å². The molecule has 0 aromatic heterocycles. The van der Waals surface area contributed by atoms with Gasteiger partial charge in [0.15, 0.2) is 0 Å². The van der Waals surface area contributed by atoms with Crippen molar-refractivity contribution in [1.82, 2.24) is 0 Å². The van der Waals surface area contributed by atoms with E-state index in [4.69, 9.17) is 0 Å². The van der Waals surface area contributed by atoms with E-state index in [-0.39, 0.29) is 0 Å². The number of rotatable bonds is 0. The molecule has 1 aliphatic heterocycles. The molecular formula is C10H12N2. The van der Waals surface area contributed by atoms with Crippen LogP contribution in [-0.2, 0) is 0 Å². The van der Waals surface area contributed by atoms with E-state index in [0.717, 1.165) is 12.1 Å². The van der Waals surface area contributed by atoms with E-state index in [1.807, 2.05) is 0 Å². The van der Waals surface area contributed by atoms with Gasteiger partial charge >= 0.3 is 0 Å². The van der Waals surface area contributed by atoms with Crippen LogP contribution in [0.5, 0.6) is 0 Å². The van der Waals surface area contributed by atoms with Crippen molar-refractivity contribution in [3.8, 4) is 0 Å². The topological polar surface area (TPSA) is 24.7 Å². The first-order chi connectivity index (χ1) is 5.77. The molecular weight excluding hydrogens is 148 g/mol. The van der Waals surface area contributed by atoms with Gasteiger partial charge in [-0.25, -0.2) is 9.98 Å². The fourth-order valence-electron chi connectivity index (χ4n) is 1.61. The highest BCUT2D eigenvalue weighted by Crippen LogP contribution is 2.28. The molecule has 2 heteroatoms. The Hall–Kier alpha value is -1.18. The van der Waals surface area contributed by atoms with Gasteiger partial charge in [-0.3, -0.25) is 0 Å². The van der Waals surface area contributed by atoms with Crippen molar-refractivity contribution < 1.29 is 0 Å². The Labute approximate surface area is 72.4 Å². The van der Waals surface area contributed by atoms with E-state index in [0.29, 0.717) is 5.92 Å². The molecule has 0 radical (unpaired) electrons. The Morgan fingerprint density at radius 1 is 1.33 bits per heavy atom. The predicted octanol–water partition coefficient (Wildman–Crippen LogP) is 2.34. The Kier molecular flexibility index (Phi) is 1.68. The summed E-state index contributed by atoms with van der Waals surface area (Å²) in [5.41, 5.74) is 3.76. The second-order valence-corrected chi connectivity index (χ2v) is 3.38. The second kappa shape index (κ2) is 2.70. The molecule has 0 spiro atoms. The maximum Gasteiger partial charge on any atom is 0.115 e. The summed E-state index contributed by atoms with van der Waals surface area (Å²) in [6.07, 6.45) is 6.96. The van der Waals surface area contributed by atoms with Gasteiger partial charge in [-0.2, -0.15) is 0 Å². The summed E-state index contributed by atoms with van der Waals surface area (Å²) in [4.78, 5) is 8.45. The van der Waals surface area contributed by atoms with Crippen LogP contribution in [0.15, 0.2) is 33.4 Å². The van der Waals surface area contributed by atoms with Gasteiger partial charge < -0.3 is 0 Å². The highest BCUT2D eigenvalue weighted by Gasteiger charge is 2.21. The lowest BCUT2D eigenvalue weighted by Crippen LogP contribution is -2.18. The molecule has 1 atom stereocenters. The minimum Gasteiger partial charge on any atom is -0.245 e. The van der Waals surface area contributed by atoms with E-state index >= 15 is 0 Å². The fourth-order valence-corrected chi connectivity index (χ4v) is 1.61. The summed E-state index contributed by atoms with van der Waals surface area (Å²) < 4.78 is 0. The monoisotopic (exact) mass is 160 g/mol. The molecule has 0 aromatic carbocycles. The van der Waals surface area contributed by atoms with Crippen molar-refractivity contribution in [3.05, 3.63) is 23.4 Å². The fraction of sp³-hybridized carbons (Fsp3) is 0.400. The number of hydrogen-bond acceptors (Lipinski definition) is 2. The van der Waals surface area contributed by atoms with E-state index in [9.17, 15) is 0 Å². The van der Waals surface area contributed by atoms with Crippen LogP contribution >= 0.6 is 0 Å². The highest BCUT2D eigenvalue weighted by atomic mass is 14.9. The predicted molar refractivity (Wildman–Crippen MR) is 51.5 cm³/mol. The van der Waals surface area contributed by atoms with Crippen molar-refractivity contribution in [2.24, 2.45) is 15.9 Å². The van der Waals surface area contributed by atoms with Gasteiger partial charge in [0, 0.05) is 11.6 Å². The summed E-state index contributed by atoms with van der Waals surface area (Å²) in [5.74, 6) is 0.444. The van der Waals surface area contributed by atoms with E-state index < -0.39 is 0 Å². The summed E-state index contributed by atoms with van der Waals surface area (Å²) in [5, 5.41) is 0. The van der Waals surface area contributed by atoms with Gasteiger partial charge in [0.25, 0.3) is 0 Å². The molecule has 1 unspecified atom stereocenters. The van der Waals surface area contributed by atoms with Gasteiger partial charge in [-0.1, -0.05) is 11.6 Å². The van der Waals surface area contributed by atoms with Crippen molar-refractivity contribution in [3.63, 3.8) is 0 Å². The van der Waals surface area contributed by atoms with Crippen LogP contribution in [-0.4, -0.2) is 12.1 Å². The molecule has 2 rings (SSSR count). The van der Waals surface area contributed by atoms with Crippen LogP contribution in [0.1, 0.15) is 20.3 Å². The van der Waals surface area contributed by atoms with Crippen LogP contribution in [0.4, 0.5) is 0 Å². The van der Waals surface area contributed by atoms with E-state index in [2.05, 4.69) is 36.0 Å². The SMILES string of the molecule is CC1=CC=C2N=CN=C(C)C2C1. The number of aliphatic imine (C=N–C) groups is 2. The maximum atomic E-state index is 4.24. The first kappa shape index (κ1) is 7.47. The van der Waals surface area contributed by atoms with Crippen molar-refractivity contribution >= 4 is 12.1 Å². The minimum absolute atomic E-state index is 0.444. The molecule has 1 aliphatic carbocycles. The summed E-state index contributed by atoms with van der Waals surface area (Å²) in [6, 6.07) is 0. The first-order valence-corrected chi connectivity index (χ1v) is 4.21. The molecule has 62 valence electrons. The van der Waals surface area contributed by atoms with Crippen LogP contribution < -0.4 is 0 Å². The average molecular weight is 160 g/mol. The summed E-state index contributed by atoms with van der Waals surface area (Å²) >= 11 is 0. The number of hydrogen-bond donors (Lipinski definition) is 0. The molecule has 12 heavy (non-hydrogen) atoms. The van der Waals surface area contributed by atoms with Crippen molar-refractivity contribution in [2.45, 2.75) is 20.3 Å². The molecule has 1 heterocycles. The number of allylic oxidation sites excluding steroid dienone is 4. The van der Waals surface area contributed by atoms with Gasteiger partial charge in [-0.05, 0) is 26.3 Å². The minimum atomic E-state index is 0.444. The molecule has 0 amide bonds. The van der Waals surface area contributed by atoms with Crippen LogP contribution in [0, 0.1) is 5.92 Å². The zero-order valence-electron chi connectivity index (χ0n) is 7.41. The molecule has 0 N–H and O–H groups in total. The third-order valence-electron chi connectivity index (χ3n) is 2.39. The Morgan fingerprint density at radius 2 is 2.17 bits per heavy atom. The highest BCUT2D eigenvalue weighted by molar-refractivity contribution is 5.95. The van der Waals surface area contributed by atoms with Gasteiger partial charge in [-0.15, -0.1) is 0 Å². The first-order valence-electron chi connectivity index (χ1n) is 4.21. The normalized spacial score (nSPS) is 27.2. The largest absolute Gasteiger partial charge is 0.245 e. The molecule has 0 saturated carbocycles. The molecule has 0 fully saturated rings. The standard InChI is InChI=1S/C10H12N2/c1-7-3-4-10-9(5-7)8(2)11-6-12-10/h3-4,6,9H,5H2,1-2H3. The second-order valence-electron chi connectivity index (χ2n) is 3.38. The molecule has 2 aliphatic rings. The lowest BCUT2D eigenvalue weighted by atomic mass is 9.88. The Morgan fingerprint density at radius 3 is 3.00 bits per heavy atom.